The molecule has 0 aromatic heterocycles. The van der Waals surface area contributed by atoms with Crippen molar-refractivity contribution in [2.24, 2.45) is 0 Å². The van der Waals surface area contributed by atoms with Crippen LogP contribution in [0.25, 0.3) is 0 Å². The smallest absolute Gasteiger partial charge is 0.217 e. The molecule has 0 aliphatic heterocycles. The SMILES string of the molecule is CC.CC.CC.CC(=O)NC1CCCCC1. The summed E-state index contributed by atoms with van der Waals surface area (Å²) in [5, 5.41) is 2.94. The first-order chi connectivity index (χ1) is 7.79. The largest absolute Gasteiger partial charge is 0.354 e. The van der Waals surface area contributed by atoms with E-state index < -0.39 is 0 Å². The van der Waals surface area contributed by atoms with E-state index in [4.69, 9.17) is 0 Å². The fourth-order valence-electron chi connectivity index (χ4n) is 1.53. The Morgan fingerprint density at radius 2 is 1.25 bits per heavy atom. The van der Waals surface area contributed by atoms with Gasteiger partial charge in [0.1, 0.15) is 0 Å². The van der Waals surface area contributed by atoms with Gasteiger partial charge in [-0.1, -0.05) is 60.8 Å². The van der Waals surface area contributed by atoms with E-state index in [2.05, 4.69) is 5.32 Å². The lowest BCUT2D eigenvalue weighted by molar-refractivity contribution is -0.119. The molecule has 0 radical (unpaired) electrons. The van der Waals surface area contributed by atoms with Crippen molar-refractivity contribution in [2.75, 3.05) is 0 Å². The van der Waals surface area contributed by atoms with E-state index >= 15 is 0 Å². The predicted molar refractivity (Wildman–Crippen MR) is 74.7 cm³/mol. The van der Waals surface area contributed by atoms with Gasteiger partial charge < -0.3 is 5.32 Å². The zero-order valence-corrected chi connectivity index (χ0v) is 12.5. The quantitative estimate of drug-likeness (QED) is 0.705. The molecule has 100 valence electrons. The van der Waals surface area contributed by atoms with Crippen LogP contribution < -0.4 is 5.32 Å². The number of carbonyl (C=O) groups is 1. The monoisotopic (exact) mass is 231 g/mol. The molecule has 0 spiro atoms. The number of rotatable bonds is 1. The number of carbonyl (C=O) groups excluding carboxylic acids is 1. The zero-order chi connectivity index (χ0) is 13.4. The van der Waals surface area contributed by atoms with Crippen molar-refractivity contribution in [1.82, 2.24) is 5.32 Å². The maximum absolute atomic E-state index is 10.6. The van der Waals surface area contributed by atoms with E-state index in [0.29, 0.717) is 6.04 Å². The molecule has 1 aliphatic carbocycles. The molecule has 1 amide bonds. The van der Waals surface area contributed by atoms with E-state index in [1.165, 1.54) is 32.1 Å². The number of hydrogen-bond acceptors (Lipinski definition) is 1. The topological polar surface area (TPSA) is 29.1 Å². The summed E-state index contributed by atoms with van der Waals surface area (Å²) in [5.41, 5.74) is 0. The summed E-state index contributed by atoms with van der Waals surface area (Å²) >= 11 is 0. The van der Waals surface area contributed by atoms with Gasteiger partial charge in [-0.3, -0.25) is 4.79 Å². The van der Waals surface area contributed by atoms with Crippen molar-refractivity contribution in [1.29, 1.82) is 0 Å². The van der Waals surface area contributed by atoms with Gasteiger partial charge in [0.05, 0.1) is 0 Å². The Kier molecular flexibility index (Phi) is 26.0. The molecule has 1 N–H and O–H groups in total. The van der Waals surface area contributed by atoms with Gasteiger partial charge in [-0.2, -0.15) is 0 Å². The maximum Gasteiger partial charge on any atom is 0.217 e. The second kappa shape index (κ2) is 20.0. The third-order valence-corrected chi connectivity index (χ3v) is 2.01. The second-order valence-corrected chi connectivity index (χ2v) is 3.04. The summed E-state index contributed by atoms with van der Waals surface area (Å²) in [5.74, 6) is 0.118. The first kappa shape index (κ1) is 20.8. The average Bonchev–Trinajstić information content (AvgIpc) is 2.37. The Morgan fingerprint density at radius 1 is 0.875 bits per heavy atom. The van der Waals surface area contributed by atoms with Crippen LogP contribution in [0, 0.1) is 0 Å². The number of hydrogen-bond donors (Lipinski definition) is 1. The number of amides is 1. The molecule has 0 bridgehead atoms. The lowest BCUT2D eigenvalue weighted by Gasteiger charge is -2.21. The third kappa shape index (κ3) is 15.9. The maximum atomic E-state index is 10.6. The minimum Gasteiger partial charge on any atom is -0.354 e. The molecule has 0 heterocycles. The van der Waals surface area contributed by atoms with Crippen LogP contribution in [0.2, 0.25) is 0 Å². The summed E-state index contributed by atoms with van der Waals surface area (Å²) in [6.07, 6.45) is 6.27. The fraction of sp³-hybridized carbons (Fsp3) is 0.929. The normalized spacial score (nSPS) is 13.9. The Hall–Kier alpha value is -0.530. The minimum absolute atomic E-state index is 0.118. The lowest BCUT2D eigenvalue weighted by Crippen LogP contribution is -2.34. The average molecular weight is 231 g/mol. The van der Waals surface area contributed by atoms with Crippen molar-refractivity contribution in [3.05, 3.63) is 0 Å². The first-order valence-electron chi connectivity index (χ1n) is 7.06. The van der Waals surface area contributed by atoms with E-state index in [1.807, 2.05) is 41.5 Å². The molecule has 1 saturated carbocycles. The lowest BCUT2D eigenvalue weighted by atomic mass is 9.95. The Labute approximate surface area is 103 Å². The minimum atomic E-state index is 0.118. The standard InChI is InChI=1S/C8H15NO.3C2H6/c1-7(10)9-8-5-3-2-4-6-8;3*1-2/h8H,2-6H2,1H3,(H,9,10);3*1-2H3. The van der Waals surface area contributed by atoms with Crippen LogP contribution >= 0.6 is 0 Å². The molecule has 2 heteroatoms. The van der Waals surface area contributed by atoms with Gasteiger partial charge in [0.2, 0.25) is 5.91 Å². The highest BCUT2D eigenvalue weighted by Gasteiger charge is 2.12. The molecular weight excluding hydrogens is 198 g/mol. The van der Waals surface area contributed by atoms with Crippen LogP contribution in [-0.2, 0) is 4.79 Å². The molecule has 0 saturated heterocycles. The fourth-order valence-corrected chi connectivity index (χ4v) is 1.53. The van der Waals surface area contributed by atoms with Crippen LogP contribution in [0.15, 0.2) is 0 Å². The van der Waals surface area contributed by atoms with Gasteiger partial charge in [0.15, 0.2) is 0 Å². The highest BCUT2D eigenvalue weighted by Crippen LogP contribution is 2.16. The molecule has 16 heavy (non-hydrogen) atoms. The molecule has 0 unspecified atom stereocenters. The molecule has 0 aromatic carbocycles. The Morgan fingerprint density at radius 3 is 1.56 bits per heavy atom. The Balaban J connectivity index is -0.000000245. The van der Waals surface area contributed by atoms with Gasteiger partial charge in [-0.25, -0.2) is 0 Å². The van der Waals surface area contributed by atoms with Crippen molar-refractivity contribution in [3.63, 3.8) is 0 Å². The third-order valence-electron chi connectivity index (χ3n) is 2.01. The second-order valence-electron chi connectivity index (χ2n) is 3.04. The van der Waals surface area contributed by atoms with Crippen molar-refractivity contribution in [2.45, 2.75) is 86.6 Å². The predicted octanol–water partition coefficient (Wildman–Crippen LogP) is 4.53. The van der Waals surface area contributed by atoms with E-state index in [9.17, 15) is 4.79 Å². The highest BCUT2D eigenvalue weighted by molar-refractivity contribution is 5.73. The van der Waals surface area contributed by atoms with E-state index in [1.54, 1.807) is 6.92 Å². The van der Waals surface area contributed by atoms with Crippen molar-refractivity contribution in [3.8, 4) is 0 Å². The molecule has 2 nitrogen and oxygen atoms in total. The van der Waals surface area contributed by atoms with Gasteiger partial charge in [-0.05, 0) is 12.8 Å². The van der Waals surface area contributed by atoms with Crippen molar-refractivity contribution >= 4 is 5.91 Å². The van der Waals surface area contributed by atoms with Gasteiger partial charge in [-0.15, -0.1) is 0 Å². The van der Waals surface area contributed by atoms with Crippen LogP contribution in [0.4, 0.5) is 0 Å². The summed E-state index contributed by atoms with van der Waals surface area (Å²) in [6, 6.07) is 0.478. The molecule has 0 aromatic rings. The summed E-state index contributed by atoms with van der Waals surface area (Å²) in [7, 11) is 0. The van der Waals surface area contributed by atoms with Crippen molar-refractivity contribution < 1.29 is 4.79 Å². The molecular formula is C14H33NO. The molecule has 1 aliphatic rings. The van der Waals surface area contributed by atoms with Gasteiger partial charge in [0.25, 0.3) is 0 Å². The molecule has 0 atom stereocenters. The van der Waals surface area contributed by atoms with Gasteiger partial charge in [0, 0.05) is 13.0 Å². The van der Waals surface area contributed by atoms with E-state index in [0.717, 1.165) is 0 Å². The zero-order valence-electron chi connectivity index (χ0n) is 12.5. The van der Waals surface area contributed by atoms with Crippen LogP contribution in [0.1, 0.15) is 80.6 Å². The van der Waals surface area contributed by atoms with Crippen LogP contribution in [-0.4, -0.2) is 11.9 Å². The Bertz CT molecular complexity index is 118. The van der Waals surface area contributed by atoms with E-state index in [-0.39, 0.29) is 5.91 Å². The summed E-state index contributed by atoms with van der Waals surface area (Å²) < 4.78 is 0. The number of nitrogens with one attached hydrogen (secondary N) is 1. The van der Waals surface area contributed by atoms with Crippen LogP contribution in [0.3, 0.4) is 0 Å². The van der Waals surface area contributed by atoms with Gasteiger partial charge >= 0.3 is 0 Å². The molecule has 1 fully saturated rings. The first-order valence-corrected chi connectivity index (χ1v) is 7.06. The molecule has 1 rings (SSSR count). The summed E-state index contributed by atoms with van der Waals surface area (Å²) in [4.78, 5) is 10.6. The summed E-state index contributed by atoms with van der Waals surface area (Å²) in [6.45, 7) is 13.6. The van der Waals surface area contributed by atoms with Crippen LogP contribution in [0.5, 0.6) is 0 Å². The highest BCUT2D eigenvalue weighted by atomic mass is 16.1.